The lowest BCUT2D eigenvalue weighted by Crippen LogP contribution is -2.36. The Bertz CT molecular complexity index is 341. The van der Waals surface area contributed by atoms with Crippen LogP contribution in [0.5, 0.6) is 0 Å². The monoisotopic (exact) mass is 250 g/mol. The fourth-order valence-electron chi connectivity index (χ4n) is 1.80. The normalized spacial score (nSPS) is 12.3. The molecule has 0 saturated carbocycles. The number of carboxylic acid groups (broad SMARTS) is 1. The van der Waals surface area contributed by atoms with Crippen molar-refractivity contribution in [3.05, 3.63) is 35.9 Å². The second-order valence-electron chi connectivity index (χ2n) is 4.36. The Morgan fingerprint density at radius 2 is 2.00 bits per heavy atom. The molecule has 0 unspecified atom stereocenters. The van der Waals surface area contributed by atoms with Gasteiger partial charge in [-0.15, -0.1) is 0 Å². The minimum Gasteiger partial charge on any atom is -0.480 e. The quantitative estimate of drug-likeness (QED) is 0.583. The lowest BCUT2D eigenvalue weighted by molar-refractivity contribution is -0.139. The fraction of sp³-hybridized carbons (Fsp3) is 0.500. The van der Waals surface area contributed by atoms with Crippen molar-refractivity contribution in [2.45, 2.75) is 31.8 Å². The van der Waals surface area contributed by atoms with Gasteiger partial charge in [-0.2, -0.15) is 0 Å². The summed E-state index contributed by atoms with van der Waals surface area (Å²) in [5.41, 5.74) is 1.11. The van der Waals surface area contributed by atoms with Gasteiger partial charge in [-0.1, -0.05) is 36.8 Å². The van der Waals surface area contributed by atoms with Crippen LogP contribution in [0.2, 0.25) is 0 Å². The van der Waals surface area contributed by atoms with E-state index in [1.54, 1.807) is 0 Å². The molecule has 0 aliphatic heterocycles. The predicted molar refractivity (Wildman–Crippen MR) is 72.5 cm³/mol. The zero-order valence-electron chi connectivity index (χ0n) is 10.9. The summed E-state index contributed by atoms with van der Waals surface area (Å²) in [6.07, 6.45) is 2.59. The third kappa shape index (κ3) is 5.80. The van der Waals surface area contributed by atoms with Crippen molar-refractivity contribution in [3.8, 4) is 0 Å². The van der Waals surface area contributed by atoms with E-state index in [4.69, 9.17) is 5.11 Å². The molecule has 0 aliphatic rings. The highest BCUT2D eigenvalue weighted by atomic mass is 16.4. The van der Waals surface area contributed by atoms with E-state index in [0.717, 1.165) is 24.9 Å². The van der Waals surface area contributed by atoms with Crippen LogP contribution in [0, 0.1) is 0 Å². The standard InChI is InChI=1S/C14H22N2O2/c1-15-10-6-5-9-13(14(17)18)16-11-12-7-3-2-4-8-12/h2-4,7-8,13,15-16H,5-6,9-11H2,1H3,(H,17,18)/t13-/m0/s1. The summed E-state index contributed by atoms with van der Waals surface area (Å²) >= 11 is 0. The van der Waals surface area contributed by atoms with Crippen molar-refractivity contribution >= 4 is 5.97 Å². The minimum atomic E-state index is -0.768. The molecule has 0 aromatic heterocycles. The lowest BCUT2D eigenvalue weighted by atomic mass is 10.1. The number of rotatable bonds is 9. The van der Waals surface area contributed by atoms with Crippen LogP contribution in [0.3, 0.4) is 0 Å². The molecule has 0 radical (unpaired) electrons. The SMILES string of the molecule is CNCCCC[C@H](NCc1ccccc1)C(=O)O. The third-order valence-corrected chi connectivity index (χ3v) is 2.86. The summed E-state index contributed by atoms with van der Waals surface area (Å²) in [5, 5.41) is 15.3. The molecule has 0 bridgehead atoms. The first-order valence-corrected chi connectivity index (χ1v) is 6.38. The molecule has 0 aliphatic carbocycles. The van der Waals surface area contributed by atoms with E-state index in [-0.39, 0.29) is 0 Å². The van der Waals surface area contributed by atoms with Gasteiger partial charge in [-0.3, -0.25) is 4.79 Å². The van der Waals surface area contributed by atoms with E-state index in [1.807, 2.05) is 37.4 Å². The highest BCUT2D eigenvalue weighted by Gasteiger charge is 2.15. The van der Waals surface area contributed by atoms with Crippen molar-refractivity contribution in [1.82, 2.24) is 10.6 Å². The third-order valence-electron chi connectivity index (χ3n) is 2.86. The second-order valence-corrected chi connectivity index (χ2v) is 4.36. The number of benzene rings is 1. The lowest BCUT2D eigenvalue weighted by Gasteiger charge is -2.14. The number of hydrogen-bond acceptors (Lipinski definition) is 3. The summed E-state index contributed by atoms with van der Waals surface area (Å²) < 4.78 is 0. The van der Waals surface area contributed by atoms with Crippen molar-refractivity contribution < 1.29 is 9.90 Å². The molecule has 1 aromatic carbocycles. The molecule has 4 heteroatoms. The molecule has 1 aromatic rings. The molecule has 0 saturated heterocycles. The molecule has 0 amide bonds. The number of unbranched alkanes of at least 4 members (excludes halogenated alkanes) is 1. The van der Waals surface area contributed by atoms with Gasteiger partial charge in [0, 0.05) is 6.54 Å². The Labute approximate surface area is 108 Å². The van der Waals surface area contributed by atoms with Gasteiger partial charge in [0.05, 0.1) is 0 Å². The molecule has 1 rings (SSSR count). The summed E-state index contributed by atoms with van der Waals surface area (Å²) in [7, 11) is 1.91. The van der Waals surface area contributed by atoms with Crippen LogP contribution >= 0.6 is 0 Å². The van der Waals surface area contributed by atoms with Crippen molar-refractivity contribution in [2.75, 3.05) is 13.6 Å². The number of carbonyl (C=O) groups is 1. The Kier molecular flexibility index (Phi) is 7.06. The predicted octanol–water partition coefficient (Wildman–Crippen LogP) is 1.62. The molecule has 100 valence electrons. The van der Waals surface area contributed by atoms with Gasteiger partial charge in [0.2, 0.25) is 0 Å². The molecule has 0 spiro atoms. The first kappa shape index (κ1) is 14.7. The van der Waals surface area contributed by atoms with Gasteiger partial charge in [0.1, 0.15) is 6.04 Å². The van der Waals surface area contributed by atoms with Gasteiger partial charge < -0.3 is 15.7 Å². The molecule has 1 atom stereocenters. The fourth-order valence-corrected chi connectivity index (χ4v) is 1.80. The van der Waals surface area contributed by atoms with Crippen molar-refractivity contribution in [1.29, 1.82) is 0 Å². The number of hydrogen-bond donors (Lipinski definition) is 3. The first-order chi connectivity index (χ1) is 8.74. The van der Waals surface area contributed by atoms with E-state index in [1.165, 1.54) is 0 Å². The number of carboxylic acids is 1. The van der Waals surface area contributed by atoms with Gasteiger partial charge in [0.25, 0.3) is 0 Å². The van der Waals surface area contributed by atoms with E-state index < -0.39 is 12.0 Å². The van der Waals surface area contributed by atoms with Gasteiger partial charge in [-0.25, -0.2) is 0 Å². The van der Waals surface area contributed by atoms with Gasteiger partial charge >= 0.3 is 5.97 Å². The Morgan fingerprint density at radius 1 is 1.28 bits per heavy atom. The maximum Gasteiger partial charge on any atom is 0.320 e. The second kappa shape index (κ2) is 8.66. The molecular weight excluding hydrogens is 228 g/mol. The number of nitrogens with one attached hydrogen (secondary N) is 2. The molecular formula is C14H22N2O2. The molecule has 0 fully saturated rings. The van der Waals surface area contributed by atoms with Crippen LogP contribution in [0.25, 0.3) is 0 Å². The summed E-state index contributed by atoms with van der Waals surface area (Å²) in [6, 6.07) is 9.40. The van der Waals surface area contributed by atoms with Gasteiger partial charge in [0.15, 0.2) is 0 Å². The van der Waals surface area contributed by atoms with Crippen LogP contribution in [-0.4, -0.2) is 30.7 Å². The first-order valence-electron chi connectivity index (χ1n) is 6.38. The average Bonchev–Trinajstić information content (AvgIpc) is 2.38. The largest absolute Gasteiger partial charge is 0.480 e. The van der Waals surface area contributed by atoms with Crippen LogP contribution < -0.4 is 10.6 Å². The summed E-state index contributed by atoms with van der Waals surface area (Å²) in [6.45, 7) is 1.54. The topological polar surface area (TPSA) is 61.4 Å². The van der Waals surface area contributed by atoms with E-state index in [9.17, 15) is 4.79 Å². The number of aliphatic carboxylic acids is 1. The van der Waals surface area contributed by atoms with Crippen molar-refractivity contribution in [2.24, 2.45) is 0 Å². The zero-order valence-corrected chi connectivity index (χ0v) is 10.9. The van der Waals surface area contributed by atoms with Gasteiger partial charge in [-0.05, 0) is 32.0 Å². The maximum absolute atomic E-state index is 11.1. The van der Waals surface area contributed by atoms with E-state index in [0.29, 0.717) is 13.0 Å². The smallest absolute Gasteiger partial charge is 0.320 e. The van der Waals surface area contributed by atoms with Crippen LogP contribution in [0.4, 0.5) is 0 Å². The summed E-state index contributed by atoms with van der Waals surface area (Å²) in [4.78, 5) is 11.1. The zero-order chi connectivity index (χ0) is 13.2. The summed E-state index contributed by atoms with van der Waals surface area (Å²) in [5.74, 6) is -0.768. The Morgan fingerprint density at radius 3 is 2.61 bits per heavy atom. The van der Waals surface area contributed by atoms with E-state index in [2.05, 4.69) is 10.6 Å². The Hall–Kier alpha value is -1.39. The van der Waals surface area contributed by atoms with Crippen molar-refractivity contribution in [3.63, 3.8) is 0 Å². The highest BCUT2D eigenvalue weighted by Crippen LogP contribution is 2.04. The Balaban J connectivity index is 2.32. The van der Waals surface area contributed by atoms with E-state index >= 15 is 0 Å². The molecule has 4 nitrogen and oxygen atoms in total. The van der Waals surface area contributed by atoms with Crippen LogP contribution in [-0.2, 0) is 11.3 Å². The highest BCUT2D eigenvalue weighted by molar-refractivity contribution is 5.73. The van der Waals surface area contributed by atoms with Crippen LogP contribution in [0.15, 0.2) is 30.3 Å². The molecule has 3 N–H and O–H groups in total. The van der Waals surface area contributed by atoms with Crippen LogP contribution in [0.1, 0.15) is 24.8 Å². The molecule has 18 heavy (non-hydrogen) atoms. The molecule has 0 heterocycles. The average molecular weight is 250 g/mol. The minimum absolute atomic E-state index is 0.456. The maximum atomic E-state index is 11.1.